The van der Waals surface area contributed by atoms with E-state index in [0.29, 0.717) is 32.1 Å². The molecule has 1 saturated heterocycles. The number of fused-ring (bicyclic) bond motifs is 1. The largest absolute Gasteiger partial charge is 0.465 e. The lowest BCUT2D eigenvalue weighted by Crippen LogP contribution is -2.56. The first-order chi connectivity index (χ1) is 19.8. The number of carbonyl (C=O) groups excluding carboxylic acids is 3. The van der Waals surface area contributed by atoms with Crippen LogP contribution < -0.4 is 5.32 Å². The van der Waals surface area contributed by atoms with Gasteiger partial charge < -0.3 is 19.2 Å². The number of hydrogen-bond acceptors (Lipinski definition) is 9. The maximum Gasteiger partial charge on any atom is 0.328 e. The smallest absolute Gasteiger partial charge is 0.328 e. The van der Waals surface area contributed by atoms with Crippen molar-refractivity contribution in [1.29, 1.82) is 0 Å². The molecule has 0 spiro atoms. The van der Waals surface area contributed by atoms with Gasteiger partial charge >= 0.3 is 11.9 Å². The van der Waals surface area contributed by atoms with Gasteiger partial charge in [-0.15, -0.1) is 10.1 Å². The molecule has 228 valence electrons. The van der Waals surface area contributed by atoms with Crippen molar-refractivity contribution in [1.82, 2.24) is 10.2 Å². The molecule has 0 aromatic heterocycles. The second kappa shape index (κ2) is 16.9. The summed E-state index contributed by atoms with van der Waals surface area (Å²) in [7, 11) is 0. The van der Waals surface area contributed by atoms with Crippen molar-refractivity contribution < 1.29 is 33.8 Å². The predicted octanol–water partition coefficient (Wildman–Crippen LogP) is 4.00. The highest BCUT2D eigenvalue weighted by Crippen LogP contribution is 2.40. The van der Waals surface area contributed by atoms with Crippen LogP contribution in [0, 0.1) is 16.0 Å². The van der Waals surface area contributed by atoms with Crippen LogP contribution in [0.1, 0.15) is 83.6 Å². The number of nitrogens with one attached hydrogen (secondary N) is 1. The Morgan fingerprint density at radius 3 is 2.51 bits per heavy atom. The van der Waals surface area contributed by atoms with Gasteiger partial charge in [-0.1, -0.05) is 43.2 Å². The minimum atomic E-state index is -0.819. The van der Waals surface area contributed by atoms with E-state index in [0.717, 1.165) is 38.5 Å². The molecule has 1 N–H and O–H groups in total. The van der Waals surface area contributed by atoms with Crippen LogP contribution in [0.5, 0.6) is 0 Å². The molecule has 1 amide bonds. The van der Waals surface area contributed by atoms with Crippen molar-refractivity contribution in [3.8, 4) is 0 Å². The van der Waals surface area contributed by atoms with Crippen LogP contribution in [0.3, 0.4) is 0 Å². The van der Waals surface area contributed by atoms with Crippen LogP contribution in [-0.4, -0.2) is 71.8 Å². The maximum atomic E-state index is 13.9. The number of likely N-dealkylation sites (tertiary alicyclic amines) is 1. The number of ether oxygens (including phenoxy) is 2. The standard InChI is InChI=1S/C30H45N3O8/c1-3-39-29(35)25(17-12-15-23-13-6-4-7-14-23)31-22(2)28(34)32-26-18-9-8-16-24(26)21-27(32)30(36)40-19-10-5-11-20-41-33(37)38/h4,6-7,13-14,22,24-27,31H,3,5,8-12,15-21H2,1-2H3. The maximum absolute atomic E-state index is 13.9. The van der Waals surface area contributed by atoms with Crippen LogP contribution in [0.4, 0.5) is 0 Å². The second-order valence-corrected chi connectivity index (χ2v) is 11.0. The van der Waals surface area contributed by atoms with Gasteiger partial charge in [-0.05, 0) is 83.1 Å². The molecule has 1 heterocycles. The van der Waals surface area contributed by atoms with Crippen molar-refractivity contribution in [2.24, 2.45) is 5.92 Å². The molecule has 2 aliphatic rings. The molecule has 5 atom stereocenters. The van der Waals surface area contributed by atoms with Crippen molar-refractivity contribution in [3.63, 3.8) is 0 Å². The zero-order chi connectivity index (χ0) is 29.6. The van der Waals surface area contributed by atoms with Crippen LogP contribution in [-0.2, 0) is 35.1 Å². The van der Waals surface area contributed by atoms with Crippen molar-refractivity contribution in [2.45, 2.75) is 109 Å². The summed E-state index contributed by atoms with van der Waals surface area (Å²) in [5.74, 6) is -0.734. The second-order valence-electron chi connectivity index (χ2n) is 11.0. The third-order valence-electron chi connectivity index (χ3n) is 8.04. The highest BCUT2D eigenvalue weighted by molar-refractivity contribution is 5.89. The summed E-state index contributed by atoms with van der Waals surface area (Å²) < 4.78 is 10.9. The summed E-state index contributed by atoms with van der Waals surface area (Å²) >= 11 is 0. The molecular formula is C30H45N3O8. The van der Waals surface area contributed by atoms with Gasteiger partial charge in [0.15, 0.2) is 0 Å². The SMILES string of the molecule is CCOC(=O)C(CCCc1ccccc1)NC(C)C(=O)N1C(C(=O)OCCCCCO[N+](=O)[O-])CC2CCCCC21. The Bertz CT molecular complexity index is 991. The Morgan fingerprint density at radius 1 is 1.05 bits per heavy atom. The molecule has 2 fully saturated rings. The molecule has 1 aliphatic carbocycles. The molecule has 0 radical (unpaired) electrons. The number of hydrogen-bond donors (Lipinski definition) is 1. The summed E-state index contributed by atoms with van der Waals surface area (Å²) in [6.45, 7) is 3.96. The summed E-state index contributed by atoms with van der Waals surface area (Å²) in [6, 6.07) is 8.06. The summed E-state index contributed by atoms with van der Waals surface area (Å²) in [5, 5.41) is 12.6. The number of amides is 1. The highest BCUT2D eigenvalue weighted by atomic mass is 16.9. The van der Waals surface area contributed by atoms with Crippen molar-refractivity contribution in [2.75, 3.05) is 19.8 Å². The molecule has 41 heavy (non-hydrogen) atoms. The zero-order valence-corrected chi connectivity index (χ0v) is 24.3. The lowest BCUT2D eigenvalue weighted by molar-refractivity contribution is -0.757. The average molecular weight is 576 g/mol. The fraction of sp³-hybridized carbons (Fsp3) is 0.700. The summed E-state index contributed by atoms with van der Waals surface area (Å²) in [5.41, 5.74) is 1.19. The van der Waals surface area contributed by atoms with Gasteiger partial charge in [0.2, 0.25) is 5.91 Å². The zero-order valence-electron chi connectivity index (χ0n) is 24.3. The van der Waals surface area contributed by atoms with Gasteiger partial charge in [0.05, 0.1) is 25.9 Å². The van der Waals surface area contributed by atoms with E-state index in [9.17, 15) is 24.5 Å². The Morgan fingerprint density at radius 2 is 1.78 bits per heavy atom. The normalized spacial score (nSPS) is 21.4. The fourth-order valence-corrected chi connectivity index (χ4v) is 6.04. The van der Waals surface area contributed by atoms with Gasteiger partial charge in [-0.25, -0.2) is 4.79 Å². The third-order valence-corrected chi connectivity index (χ3v) is 8.04. The first kappa shape index (κ1) is 32.3. The molecule has 11 nitrogen and oxygen atoms in total. The van der Waals surface area contributed by atoms with E-state index in [-0.39, 0.29) is 43.7 Å². The van der Waals surface area contributed by atoms with Gasteiger partial charge in [-0.3, -0.25) is 14.9 Å². The number of esters is 2. The molecule has 5 unspecified atom stereocenters. The quantitative estimate of drug-likeness (QED) is 0.126. The van der Waals surface area contributed by atoms with E-state index in [1.54, 1.807) is 18.7 Å². The third kappa shape index (κ3) is 9.98. The van der Waals surface area contributed by atoms with E-state index < -0.39 is 29.2 Å². The average Bonchev–Trinajstić information content (AvgIpc) is 3.36. The monoisotopic (exact) mass is 575 g/mol. The summed E-state index contributed by atoms with van der Waals surface area (Å²) in [4.78, 5) is 56.1. The van der Waals surface area contributed by atoms with Crippen molar-refractivity contribution >= 4 is 17.8 Å². The van der Waals surface area contributed by atoms with Gasteiger partial charge in [0.1, 0.15) is 12.1 Å². The molecule has 1 saturated carbocycles. The Hall–Kier alpha value is -3.21. The molecule has 1 aromatic rings. The van der Waals surface area contributed by atoms with E-state index in [2.05, 4.69) is 22.3 Å². The predicted molar refractivity (Wildman–Crippen MR) is 151 cm³/mol. The minimum absolute atomic E-state index is 0.0130. The van der Waals surface area contributed by atoms with E-state index in [1.807, 2.05) is 18.2 Å². The topological polar surface area (TPSA) is 137 Å². The number of benzene rings is 1. The highest BCUT2D eigenvalue weighted by Gasteiger charge is 2.49. The lowest BCUT2D eigenvalue weighted by Gasteiger charge is -2.35. The first-order valence-corrected chi connectivity index (χ1v) is 15.0. The molecule has 0 bridgehead atoms. The van der Waals surface area contributed by atoms with Gasteiger partial charge in [-0.2, -0.15) is 0 Å². The number of rotatable bonds is 17. The molecule has 1 aromatic carbocycles. The fourth-order valence-electron chi connectivity index (χ4n) is 6.04. The molecule has 3 rings (SSSR count). The van der Waals surface area contributed by atoms with Crippen LogP contribution in [0.2, 0.25) is 0 Å². The number of unbranched alkanes of at least 4 members (excludes halogenated alkanes) is 2. The van der Waals surface area contributed by atoms with Crippen molar-refractivity contribution in [3.05, 3.63) is 46.0 Å². The first-order valence-electron chi connectivity index (χ1n) is 15.0. The van der Waals surface area contributed by atoms with E-state index in [1.165, 1.54) is 5.56 Å². The summed E-state index contributed by atoms with van der Waals surface area (Å²) in [6.07, 6.45) is 8.25. The number of aryl methyl sites for hydroxylation is 1. The van der Waals surface area contributed by atoms with Gasteiger partial charge in [0.25, 0.3) is 5.09 Å². The van der Waals surface area contributed by atoms with E-state index in [4.69, 9.17) is 9.47 Å². The van der Waals surface area contributed by atoms with Crippen LogP contribution in [0.15, 0.2) is 30.3 Å². The lowest BCUT2D eigenvalue weighted by atomic mass is 9.84. The number of nitrogens with zero attached hydrogens (tertiary/aromatic N) is 2. The molecular weight excluding hydrogens is 530 g/mol. The Labute approximate surface area is 242 Å². The number of carbonyl (C=O) groups is 3. The van der Waals surface area contributed by atoms with E-state index >= 15 is 0 Å². The Kier molecular flexibility index (Phi) is 13.3. The molecule has 11 heteroatoms. The van der Waals surface area contributed by atoms with Crippen LogP contribution >= 0.6 is 0 Å². The van der Waals surface area contributed by atoms with Crippen LogP contribution in [0.25, 0.3) is 0 Å². The molecule has 1 aliphatic heterocycles. The van der Waals surface area contributed by atoms with Gasteiger partial charge in [0, 0.05) is 6.04 Å². The Balaban J connectivity index is 1.59. The minimum Gasteiger partial charge on any atom is -0.465 e.